The second-order valence-corrected chi connectivity index (χ2v) is 13.3. The Labute approximate surface area is 322 Å². The van der Waals surface area contributed by atoms with Crippen molar-refractivity contribution in [2.75, 3.05) is 27.9 Å². The minimum absolute atomic E-state index is 0.0192. The number of aliphatic hydroxyl groups is 1. The summed E-state index contributed by atoms with van der Waals surface area (Å²) < 4.78 is 62.2. The van der Waals surface area contributed by atoms with E-state index in [4.69, 9.17) is 47.4 Å². The number of hydrogen-bond donors (Lipinski definition) is 1. The van der Waals surface area contributed by atoms with Crippen LogP contribution < -0.4 is 0 Å². The number of carbonyl (C=O) groups is 1. The van der Waals surface area contributed by atoms with Gasteiger partial charge in [-0.2, -0.15) is 0 Å². The second kappa shape index (κ2) is 20.7. The quantitative estimate of drug-likeness (QED) is 0.137. The lowest BCUT2D eigenvalue weighted by molar-refractivity contribution is -0.366. The first kappa shape index (κ1) is 40.6. The topological polar surface area (TPSA) is 130 Å². The Balaban J connectivity index is 1.31. The smallest absolute Gasteiger partial charge is 0.338 e. The van der Waals surface area contributed by atoms with Crippen LogP contribution in [0.1, 0.15) is 22.3 Å². The number of esters is 1. The summed E-state index contributed by atoms with van der Waals surface area (Å²) in [4.78, 5) is 13.5. The molecule has 2 fully saturated rings. The third-order valence-corrected chi connectivity index (χ3v) is 9.60. The van der Waals surface area contributed by atoms with Crippen LogP contribution in [0.3, 0.4) is 0 Å². The zero-order valence-electron chi connectivity index (χ0n) is 31.3. The monoisotopic (exact) mass is 758 g/mol. The molecule has 2 heterocycles. The maximum absolute atomic E-state index is 13.5. The molecule has 6 rings (SSSR count). The average Bonchev–Trinajstić information content (AvgIpc) is 3.23. The maximum Gasteiger partial charge on any atom is 0.338 e. The Morgan fingerprint density at radius 1 is 0.545 bits per heavy atom. The predicted molar refractivity (Wildman–Crippen MR) is 199 cm³/mol. The minimum Gasteiger partial charge on any atom is -0.459 e. The van der Waals surface area contributed by atoms with E-state index in [1.165, 1.54) is 14.2 Å². The van der Waals surface area contributed by atoms with E-state index < -0.39 is 67.4 Å². The highest BCUT2D eigenvalue weighted by atomic mass is 16.8. The number of rotatable bonds is 18. The minimum atomic E-state index is -1.47. The van der Waals surface area contributed by atoms with Gasteiger partial charge < -0.3 is 52.5 Å². The van der Waals surface area contributed by atoms with E-state index in [1.807, 2.05) is 121 Å². The Morgan fingerprint density at radius 3 is 1.55 bits per heavy atom. The third kappa shape index (κ3) is 10.8. The van der Waals surface area contributed by atoms with Crippen molar-refractivity contribution in [3.63, 3.8) is 0 Å². The van der Waals surface area contributed by atoms with E-state index in [2.05, 4.69) is 0 Å². The summed E-state index contributed by atoms with van der Waals surface area (Å²) >= 11 is 0. The number of carbonyl (C=O) groups excluding carboxylic acids is 1. The van der Waals surface area contributed by atoms with E-state index in [0.717, 1.165) is 22.3 Å². The van der Waals surface area contributed by atoms with Gasteiger partial charge in [-0.1, -0.05) is 121 Å². The Hall–Kier alpha value is -4.05. The molecule has 0 bridgehead atoms. The van der Waals surface area contributed by atoms with Gasteiger partial charge in [0.2, 0.25) is 0 Å². The fourth-order valence-electron chi connectivity index (χ4n) is 6.75. The summed E-state index contributed by atoms with van der Waals surface area (Å²) in [6, 6.07) is 38.5. The van der Waals surface area contributed by atoms with Crippen LogP contribution in [-0.4, -0.2) is 100 Å². The fraction of sp³-hybridized carbons (Fsp3) is 0.419. The highest BCUT2D eigenvalue weighted by molar-refractivity contribution is 5.75. The lowest BCUT2D eigenvalue weighted by atomic mass is 9.96. The van der Waals surface area contributed by atoms with Gasteiger partial charge in [-0.25, -0.2) is 4.79 Å². The SMILES string of the molecule is CO[C@H]1O[C@H](COCc2ccccc2)[C@@H](O[C@@H]2O[C@@H](C(=O)OCc3ccccc3)[C@@H](O)[C@H](OC)[C@H]2OC)[C@H](OCc2ccccc2)[C@H]1OCc1ccccc1. The van der Waals surface area contributed by atoms with Crippen molar-refractivity contribution in [1.82, 2.24) is 0 Å². The van der Waals surface area contributed by atoms with Crippen LogP contribution in [0.5, 0.6) is 0 Å². The van der Waals surface area contributed by atoms with E-state index in [9.17, 15) is 9.90 Å². The van der Waals surface area contributed by atoms with Gasteiger partial charge in [0.1, 0.15) is 49.3 Å². The van der Waals surface area contributed by atoms with Crippen molar-refractivity contribution < 1.29 is 57.3 Å². The predicted octanol–water partition coefficient (Wildman–Crippen LogP) is 4.99. The number of hydrogen-bond acceptors (Lipinski definition) is 12. The lowest BCUT2D eigenvalue weighted by Crippen LogP contribution is -2.66. The number of aliphatic hydroxyl groups excluding tert-OH is 1. The van der Waals surface area contributed by atoms with Crippen LogP contribution in [0.2, 0.25) is 0 Å². The molecule has 2 aliphatic rings. The van der Waals surface area contributed by atoms with Crippen molar-refractivity contribution in [3.8, 4) is 0 Å². The second-order valence-electron chi connectivity index (χ2n) is 13.3. The molecule has 1 N–H and O–H groups in total. The molecule has 2 saturated heterocycles. The van der Waals surface area contributed by atoms with E-state index in [1.54, 1.807) is 7.11 Å². The first-order valence-electron chi connectivity index (χ1n) is 18.3. The fourth-order valence-corrected chi connectivity index (χ4v) is 6.75. The molecule has 0 amide bonds. The average molecular weight is 759 g/mol. The first-order valence-corrected chi connectivity index (χ1v) is 18.3. The largest absolute Gasteiger partial charge is 0.459 e. The highest BCUT2D eigenvalue weighted by Crippen LogP contribution is 2.35. The molecule has 294 valence electrons. The summed E-state index contributed by atoms with van der Waals surface area (Å²) in [5.74, 6) is -0.787. The Morgan fingerprint density at radius 2 is 1.04 bits per heavy atom. The van der Waals surface area contributed by atoms with Gasteiger partial charge in [0.05, 0.1) is 26.4 Å². The van der Waals surface area contributed by atoms with Gasteiger partial charge >= 0.3 is 5.97 Å². The van der Waals surface area contributed by atoms with Crippen molar-refractivity contribution in [1.29, 1.82) is 0 Å². The van der Waals surface area contributed by atoms with Crippen LogP contribution in [0, 0.1) is 0 Å². The van der Waals surface area contributed by atoms with E-state index in [0.29, 0.717) is 6.61 Å². The van der Waals surface area contributed by atoms with Gasteiger partial charge in [0, 0.05) is 21.3 Å². The number of methoxy groups -OCH3 is 3. The zero-order valence-corrected chi connectivity index (χ0v) is 31.3. The highest BCUT2D eigenvalue weighted by Gasteiger charge is 2.55. The van der Waals surface area contributed by atoms with Gasteiger partial charge in [-0.15, -0.1) is 0 Å². The molecule has 0 unspecified atom stereocenters. The van der Waals surface area contributed by atoms with Crippen molar-refractivity contribution in [3.05, 3.63) is 144 Å². The van der Waals surface area contributed by atoms with Crippen molar-refractivity contribution in [2.24, 2.45) is 0 Å². The molecule has 0 aliphatic carbocycles. The molecule has 10 atom stereocenters. The van der Waals surface area contributed by atoms with Crippen LogP contribution in [0.15, 0.2) is 121 Å². The zero-order chi connectivity index (χ0) is 38.4. The molecule has 0 aromatic heterocycles. The normalized spacial score (nSPS) is 28.1. The first-order chi connectivity index (χ1) is 27.0. The molecule has 0 saturated carbocycles. The Kier molecular flexibility index (Phi) is 15.3. The van der Waals surface area contributed by atoms with Gasteiger partial charge in [0.15, 0.2) is 18.7 Å². The van der Waals surface area contributed by atoms with E-state index in [-0.39, 0.29) is 26.4 Å². The van der Waals surface area contributed by atoms with Crippen LogP contribution in [0.25, 0.3) is 0 Å². The molecule has 55 heavy (non-hydrogen) atoms. The molecule has 12 heteroatoms. The summed E-state index contributed by atoms with van der Waals surface area (Å²) in [6.07, 6.45) is -10.4. The molecule has 0 spiro atoms. The van der Waals surface area contributed by atoms with E-state index >= 15 is 0 Å². The lowest BCUT2D eigenvalue weighted by Gasteiger charge is -2.48. The van der Waals surface area contributed by atoms with Gasteiger partial charge in [-0.05, 0) is 22.3 Å². The molecule has 2 aliphatic heterocycles. The molecule has 4 aromatic carbocycles. The molecule has 0 radical (unpaired) electrons. The summed E-state index contributed by atoms with van der Waals surface area (Å²) in [5, 5.41) is 11.4. The van der Waals surface area contributed by atoms with Crippen LogP contribution in [0.4, 0.5) is 0 Å². The molecule has 4 aromatic rings. The van der Waals surface area contributed by atoms with Crippen LogP contribution >= 0.6 is 0 Å². The standard InChI is InChI=1S/C43H50O12/c1-46-36-34(44)37(41(45)52-27-32-22-14-7-15-23-32)55-43(39(36)47-2)54-35-33(28-49-24-29-16-8-4-9-17-29)53-42(48-3)40(51-26-31-20-12-6-13-21-31)38(35)50-25-30-18-10-5-11-19-30/h4-23,33-40,42-44H,24-28H2,1-3H3/t33-,34+,35-,36+,37-,38+,39-,40-,42+,43-/m1/s1. The van der Waals surface area contributed by atoms with Crippen molar-refractivity contribution >= 4 is 5.97 Å². The maximum atomic E-state index is 13.5. The molecular formula is C43H50O12. The molecular weight excluding hydrogens is 708 g/mol. The number of benzene rings is 4. The van der Waals surface area contributed by atoms with Gasteiger partial charge in [0.25, 0.3) is 0 Å². The van der Waals surface area contributed by atoms with Crippen LogP contribution in [-0.2, 0) is 78.6 Å². The number of ether oxygens (including phenoxy) is 10. The molecule has 12 nitrogen and oxygen atoms in total. The summed E-state index contributed by atoms with van der Waals surface area (Å²) in [7, 11) is 4.41. The van der Waals surface area contributed by atoms with Gasteiger partial charge in [-0.3, -0.25) is 0 Å². The third-order valence-electron chi connectivity index (χ3n) is 9.60. The summed E-state index contributed by atoms with van der Waals surface area (Å²) in [5.41, 5.74) is 3.61. The summed E-state index contributed by atoms with van der Waals surface area (Å²) in [6.45, 7) is 0.795. The van der Waals surface area contributed by atoms with Crippen molar-refractivity contribution in [2.45, 2.75) is 87.8 Å². The Bertz CT molecular complexity index is 1680.